The van der Waals surface area contributed by atoms with Crippen molar-refractivity contribution >= 4 is 34.8 Å². The Bertz CT molecular complexity index is 605. The van der Waals surface area contributed by atoms with Crippen molar-refractivity contribution < 1.29 is 0 Å². The number of hydrogen-bond donors (Lipinski definition) is 1. The van der Waals surface area contributed by atoms with Crippen molar-refractivity contribution in [1.82, 2.24) is 5.32 Å². The monoisotopic (exact) mass is 341 g/mol. The Morgan fingerprint density at radius 3 is 2.38 bits per heavy atom. The molecule has 112 valence electrons. The summed E-state index contributed by atoms with van der Waals surface area (Å²) in [4.78, 5) is 0. The minimum absolute atomic E-state index is 0.00659. The Morgan fingerprint density at radius 1 is 1.00 bits per heavy atom. The Labute approximate surface area is 141 Å². The lowest BCUT2D eigenvalue weighted by Crippen LogP contribution is -2.23. The zero-order valence-corrected chi connectivity index (χ0v) is 14.4. The van der Waals surface area contributed by atoms with Crippen LogP contribution in [0.15, 0.2) is 36.4 Å². The van der Waals surface area contributed by atoms with Gasteiger partial charge in [0, 0.05) is 15.1 Å². The SMILES string of the molecule is CCCNC(c1cc(C)cc(Cl)c1)c1ccc(Cl)cc1Cl. The molecule has 0 bridgehead atoms. The van der Waals surface area contributed by atoms with Gasteiger partial charge in [0.15, 0.2) is 0 Å². The molecule has 0 aromatic heterocycles. The summed E-state index contributed by atoms with van der Waals surface area (Å²) in [5.74, 6) is 0. The van der Waals surface area contributed by atoms with Crippen LogP contribution in [0.2, 0.25) is 15.1 Å². The topological polar surface area (TPSA) is 12.0 Å². The standard InChI is InChI=1S/C17H18Cl3N/c1-3-6-21-17(12-7-11(2)8-14(19)9-12)15-5-4-13(18)10-16(15)20/h4-5,7-10,17,21H,3,6H2,1-2H3. The number of benzene rings is 2. The molecule has 21 heavy (non-hydrogen) atoms. The first kappa shape index (κ1) is 16.6. The normalized spacial score (nSPS) is 12.4. The van der Waals surface area contributed by atoms with Crippen molar-refractivity contribution in [3.05, 3.63) is 68.2 Å². The van der Waals surface area contributed by atoms with E-state index in [-0.39, 0.29) is 6.04 Å². The maximum Gasteiger partial charge on any atom is 0.0592 e. The van der Waals surface area contributed by atoms with E-state index >= 15 is 0 Å². The van der Waals surface area contributed by atoms with Gasteiger partial charge < -0.3 is 5.32 Å². The molecule has 0 aliphatic rings. The van der Waals surface area contributed by atoms with Crippen LogP contribution in [-0.2, 0) is 0 Å². The minimum Gasteiger partial charge on any atom is -0.306 e. The molecular formula is C17H18Cl3N. The molecule has 2 aromatic carbocycles. The maximum atomic E-state index is 6.38. The average Bonchev–Trinajstić information content (AvgIpc) is 2.40. The Morgan fingerprint density at radius 2 is 1.76 bits per heavy atom. The van der Waals surface area contributed by atoms with Gasteiger partial charge >= 0.3 is 0 Å². The first-order valence-corrected chi connectivity index (χ1v) is 8.10. The highest BCUT2D eigenvalue weighted by molar-refractivity contribution is 6.35. The fourth-order valence-electron chi connectivity index (χ4n) is 2.36. The molecule has 0 spiro atoms. The molecule has 0 saturated heterocycles. The van der Waals surface area contributed by atoms with Crippen LogP contribution in [0.3, 0.4) is 0 Å². The van der Waals surface area contributed by atoms with Crippen LogP contribution in [0.1, 0.15) is 36.1 Å². The third-order valence-corrected chi connectivity index (χ3v) is 4.05. The molecule has 1 atom stereocenters. The molecule has 4 heteroatoms. The zero-order chi connectivity index (χ0) is 15.4. The van der Waals surface area contributed by atoms with Gasteiger partial charge in [0.2, 0.25) is 0 Å². The van der Waals surface area contributed by atoms with E-state index in [1.807, 2.05) is 31.2 Å². The second kappa shape index (κ2) is 7.51. The first-order valence-electron chi connectivity index (χ1n) is 6.96. The average molecular weight is 343 g/mol. The summed E-state index contributed by atoms with van der Waals surface area (Å²) in [6.07, 6.45) is 1.04. The number of halogens is 3. The van der Waals surface area contributed by atoms with Gasteiger partial charge in [-0.05, 0) is 60.8 Å². The van der Waals surface area contributed by atoms with Gasteiger partial charge in [-0.15, -0.1) is 0 Å². The third kappa shape index (κ3) is 4.37. The highest BCUT2D eigenvalue weighted by Crippen LogP contribution is 2.32. The van der Waals surface area contributed by atoms with Crippen molar-refractivity contribution in [3.63, 3.8) is 0 Å². The number of hydrogen-bond acceptors (Lipinski definition) is 1. The summed E-state index contributed by atoms with van der Waals surface area (Å²) in [7, 11) is 0. The molecule has 2 aromatic rings. The van der Waals surface area contributed by atoms with Crippen molar-refractivity contribution in [2.24, 2.45) is 0 Å². The number of rotatable bonds is 5. The van der Waals surface area contributed by atoms with E-state index in [0.29, 0.717) is 10.0 Å². The lowest BCUT2D eigenvalue weighted by molar-refractivity contribution is 0.598. The lowest BCUT2D eigenvalue weighted by Gasteiger charge is -2.21. The van der Waals surface area contributed by atoms with Crippen LogP contribution >= 0.6 is 34.8 Å². The van der Waals surface area contributed by atoms with Crippen molar-refractivity contribution in [1.29, 1.82) is 0 Å². The second-order valence-electron chi connectivity index (χ2n) is 5.11. The molecule has 0 amide bonds. The number of nitrogens with one attached hydrogen (secondary N) is 1. The van der Waals surface area contributed by atoms with E-state index < -0.39 is 0 Å². The van der Waals surface area contributed by atoms with E-state index in [4.69, 9.17) is 34.8 Å². The van der Waals surface area contributed by atoms with Crippen molar-refractivity contribution in [3.8, 4) is 0 Å². The van der Waals surface area contributed by atoms with Gasteiger partial charge in [-0.1, -0.05) is 53.9 Å². The molecule has 0 fully saturated rings. The third-order valence-electron chi connectivity index (χ3n) is 3.27. The summed E-state index contributed by atoms with van der Waals surface area (Å²) in [5, 5.41) is 5.57. The molecule has 1 N–H and O–H groups in total. The summed E-state index contributed by atoms with van der Waals surface area (Å²) in [6, 6.07) is 11.7. The summed E-state index contributed by atoms with van der Waals surface area (Å²) in [5.41, 5.74) is 3.25. The second-order valence-corrected chi connectivity index (χ2v) is 6.39. The van der Waals surface area contributed by atoms with E-state index in [1.165, 1.54) is 0 Å². The molecule has 0 heterocycles. The minimum atomic E-state index is 0.00659. The Balaban J connectivity index is 2.46. The van der Waals surface area contributed by atoms with E-state index in [1.54, 1.807) is 6.07 Å². The largest absolute Gasteiger partial charge is 0.306 e. The molecule has 0 radical (unpaired) electrons. The van der Waals surface area contributed by atoms with E-state index in [0.717, 1.165) is 34.7 Å². The molecule has 1 unspecified atom stereocenters. The number of aryl methyl sites for hydroxylation is 1. The molecule has 0 aliphatic heterocycles. The van der Waals surface area contributed by atoms with Gasteiger partial charge in [-0.2, -0.15) is 0 Å². The Hall–Kier alpha value is -0.730. The van der Waals surface area contributed by atoms with Crippen LogP contribution in [-0.4, -0.2) is 6.54 Å². The molecule has 0 saturated carbocycles. The summed E-state index contributed by atoms with van der Waals surface area (Å²) >= 11 is 18.6. The fraction of sp³-hybridized carbons (Fsp3) is 0.294. The van der Waals surface area contributed by atoms with Crippen molar-refractivity contribution in [2.45, 2.75) is 26.3 Å². The predicted molar refractivity (Wildman–Crippen MR) is 92.8 cm³/mol. The predicted octanol–water partition coefficient (Wildman–Crippen LogP) is 6.04. The van der Waals surface area contributed by atoms with Gasteiger partial charge in [0.25, 0.3) is 0 Å². The van der Waals surface area contributed by atoms with Crippen LogP contribution < -0.4 is 5.32 Å². The summed E-state index contributed by atoms with van der Waals surface area (Å²) < 4.78 is 0. The zero-order valence-electron chi connectivity index (χ0n) is 12.1. The molecule has 1 nitrogen and oxygen atoms in total. The van der Waals surface area contributed by atoms with Gasteiger partial charge in [0.1, 0.15) is 0 Å². The molecule has 0 aliphatic carbocycles. The van der Waals surface area contributed by atoms with E-state index in [9.17, 15) is 0 Å². The lowest BCUT2D eigenvalue weighted by atomic mass is 9.97. The maximum absolute atomic E-state index is 6.38. The van der Waals surface area contributed by atoms with Gasteiger partial charge in [-0.3, -0.25) is 0 Å². The smallest absolute Gasteiger partial charge is 0.0592 e. The van der Waals surface area contributed by atoms with Crippen molar-refractivity contribution in [2.75, 3.05) is 6.54 Å². The van der Waals surface area contributed by atoms with Crippen LogP contribution in [0.4, 0.5) is 0 Å². The highest BCUT2D eigenvalue weighted by atomic mass is 35.5. The van der Waals surface area contributed by atoms with E-state index in [2.05, 4.69) is 18.3 Å². The summed E-state index contributed by atoms with van der Waals surface area (Å²) in [6.45, 7) is 5.07. The Kier molecular flexibility index (Phi) is 5.95. The van der Waals surface area contributed by atoms with Crippen LogP contribution in [0.25, 0.3) is 0 Å². The highest BCUT2D eigenvalue weighted by Gasteiger charge is 2.17. The molecular weight excluding hydrogens is 325 g/mol. The fourth-order valence-corrected chi connectivity index (χ4v) is 3.18. The van der Waals surface area contributed by atoms with Gasteiger partial charge in [-0.25, -0.2) is 0 Å². The van der Waals surface area contributed by atoms with Crippen LogP contribution in [0, 0.1) is 6.92 Å². The van der Waals surface area contributed by atoms with Crippen LogP contribution in [0.5, 0.6) is 0 Å². The molecule has 2 rings (SSSR count). The quantitative estimate of drug-likeness (QED) is 0.698. The van der Waals surface area contributed by atoms with Gasteiger partial charge in [0.05, 0.1) is 6.04 Å². The first-order chi connectivity index (χ1) is 10.0.